The van der Waals surface area contributed by atoms with Gasteiger partial charge >= 0.3 is 0 Å². The van der Waals surface area contributed by atoms with Crippen molar-refractivity contribution < 1.29 is 0 Å². The lowest BCUT2D eigenvalue weighted by Crippen LogP contribution is -2.22. The second kappa shape index (κ2) is 5.76. The summed E-state index contributed by atoms with van der Waals surface area (Å²) in [6.45, 7) is 12.1. The van der Waals surface area contributed by atoms with Crippen LogP contribution in [-0.4, -0.2) is 6.04 Å². The molecule has 0 bridgehead atoms. The lowest BCUT2D eigenvalue weighted by atomic mass is 9.97. The van der Waals surface area contributed by atoms with Crippen LogP contribution in [0, 0.1) is 0 Å². The van der Waals surface area contributed by atoms with E-state index in [-0.39, 0.29) is 6.04 Å². The molecule has 0 aromatic rings. The molecule has 0 spiro atoms. The molecule has 13 heavy (non-hydrogen) atoms. The molecule has 0 amide bonds. The quantitative estimate of drug-likeness (QED) is 0.520. The maximum Gasteiger partial charge on any atom is 0.0291 e. The average molecular weight is 179 g/mol. The molecule has 2 N–H and O–H groups in total. The zero-order valence-electron chi connectivity index (χ0n) is 9.22. The molecule has 1 atom stereocenters. The van der Waals surface area contributed by atoms with E-state index in [1.807, 2.05) is 20.8 Å². The third-order valence-electron chi connectivity index (χ3n) is 2.38. The smallest absolute Gasteiger partial charge is 0.0291 e. The zero-order valence-corrected chi connectivity index (χ0v) is 9.22. The fourth-order valence-corrected chi connectivity index (χ4v) is 1.15. The van der Waals surface area contributed by atoms with Gasteiger partial charge in [-0.3, -0.25) is 0 Å². The fraction of sp³-hybridized carbons (Fsp3) is 0.500. The SMILES string of the molecule is C=C(C)/C(=C/C)CC(N)/C(C)=C/C. The Morgan fingerprint density at radius 3 is 2.15 bits per heavy atom. The minimum absolute atomic E-state index is 0.132. The Morgan fingerprint density at radius 1 is 1.31 bits per heavy atom. The van der Waals surface area contributed by atoms with Gasteiger partial charge in [-0.25, -0.2) is 0 Å². The Bertz CT molecular complexity index is 234. The van der Waals surface area contributed by atoms with E-state index in [0.717, 1.165) is 12.0 Å². The van der Waals surface area contributed by atoms with Gasteiger partial charge in [0.25, 0.3) is 0 Å². The number of allylic oxidation sites excluding steroid dienone is 3. The van der Waals surface area contributed by atoms with Gasteiger partial charge in [0.1, 0.15) is 0 Å². The molecule has 0 heterocycles. The van der Waals surface area contributed by atoms with Gasteiger partial charge in [-0.1, -0.05) is 29.9 Å². The van der Waals surface area contributed by atoms with Crippen LogP contribution in [0.3, 0.4) is 0 Å². The molecule has 0 fully saturated rings. The molecule has 1 nitrogen and oxygen atoms in total. The van der Waals surface area contributed by atoms with Gasteiger partial charge < -0.3 is 5.73 Å². The number of hydrogen-bond donors (Lipinski definition) is 1. The van der Waals surface area contributed by atoms with Crippen molar-refractivity contribution in [1.29, 1.82) is 0 Å². The van der Waals surface area contributed by atoms with Gasteiger partial charge in [0.05, 0.1) is 0 Å². The molecular formula is C12H21N. The van der Waals surface area contributed by atoms with Crippen molar-refractivity contribution in [2.24, 2.45) is 5.73 Å². The molecule has 74 valence electrons. The van der Waals surface area contributed by atoms with Crippen LogP contribution in [-0.2, 0) is 0 Å². The molecule has 0 aliphatic carbocycles. The van der Waals surface area contributed by atoms with Crippen LogP contribution in [0.15, 0.2) is 35.5 Å². The maximum atomic E-state index is 5.99. The van der Waals surface area contributed by atoms with Crippen molar-refractivity contribution in [3.63, 3.8) is 0 Å². The Hall–Kier alpha value is -0.820. The molecular weight excluding hydrogens is 158 g/mol. The van der Waals surface area contributed by atoms with Crippen molar-refractivity contribution in [3.05, 3.63) is 35.5 Å². The van der Waals surface area contributed by atoms with Crippen LogP contribution in [0.5, 0.6) is 0 Å². The lowest BCUT2D eigenvalue weighted by molar-refractivity contribution is 0.758. The highest BCUT2D eigenvalue weighted by Gasteiger charge is 2.07. The Morgan fingerprint density at radius 2 is 1.85 bits per heavy atom. The number of rotatable bonds is 4. The summed E-state index contributed by atoms with van der Waals surface area (Å²) in [7, 11) is 0. The second-order valence-corrected chi connectivity index (χ2v) is 3.44. The maximum absolute atomic E-state index is 5.99. The van der Waals surface area contributed by atoms with Gasteiger partial charge in [0.2, 0.25) is 0 Å². The van der Waals surface area contributed by atoms with Gasteiger partial charge in [-0.05, 0) is 39.7 Å². The van der Waals surface area contributed by atoms with E-state index in [1.54, 1.807) is 0 Å². The van der Waals surface area contributed by atoms with Crippen LogP contribution in [0.4, 0.5) is 0 Å². The molecule has 0 aliphatic rings. The molecule has 1 unspecified atom stereocenters. The predicted octanol–water partition coefficient (Wildman–Crippen LogP) is 3.19. The highest BCUT2D eigenvalue weighted by atomic mass is 14.6. The van der Waals surface area contributed by atoms with Crippen molar-refractivity contribution >= 4 is 0 Å². The van der Waals surface area contributed by atoms with E-state index in [2.05, 4.69) is 25.7 Å². The van der Waals surface area contributed by atoms with Gasteiger partial charge in [0, 0.05) is 6.04 Å². The van der Waals surface area contributed by atoms with E-state index in [1.165, 1.54) is 11.1 Å². The van der Waals surface area contributed by atoms with Gasteiger partial charge in [-0.2, -0.15) is 0 Å². The molecule has 0 radical (unpaired) electrons. The molecule has 0 aliphatic heterocycles. The summed E-state index contributed by atoms with van der Waals surface area (Å²) in [5.74, 6) is 0. The third kappa shape index (κ3) is 4.09. The van der Waals surface area contributed by atoms with Crippen LogP contribution >= 0.6 is 0 Å². The Kier molecular flexibility index (Phi) is 5.40. The van der Waals surface area contributed by atoms with E-state index < -0.39 is 0 Å². The van der Waals surface area contributed by atoms with Gasteiger partial charge in [-0.15, -0.1) is 0 Å². The average Bonchev–Trinajstić information content (AvgIpc) is 2.11. The first kappa shape index (κ1) is 12.2. The Balaban J connectivity index is 4.35. The molecule has 0 saturated heterocycles. The number of hydrogen-bond acceptors (Lipinski definition) is 1. The van der Waals surface area contributed by atoms with Crippen LogP contribution in [0.2, 0.25) is 0 Å². The summed E-state index contributed by atoms with van der Waals surface area (Å²) < 4.78 is 0. The highest BCUT2D eigenvalue weighted by Crippen LogP contribution is 2.16. The van der Waals surface area contributed by atoms with E-state index in [9.17, 15) is 0 Å². The van der Waals surface area contributed by atoms with Crippen molar-refractivity contribution in [1.82, 2.24) is 0 Å². The summed E-state index contributed by atoms with van der Waals surface area (Å²) in [5.41, 5.74) is 9.60. The number of nitrogens with two attached hydrogens (primary N) is 1. The summed E-state index contributed by atoms with van der Waals surface area (Å²) in [4.78, 5) is 0. The first-order valence-corrected chi connectivity index (χ1v) is 4.72. The van der Waals surface area contributed by atoms with Crippen molar-refractivity contribution in [3.8, 4) is 0 Å². The van der Waals surface area contributed by atoms with Crippen LogP contribution in [0.25, 0.3) is 0 Å². The largest absolute Gasteiger partial charge is 0.324 e. The lowest BCUT2D eigenvalue weighted by Gasteiger charge is -2.14. The monoisotopic (exact) mass is 179 g/mol. The van der Waals surface area contributed by atoms with E-state index >= 15 is 0 Å². The minimum Gasteiger partial charge on any atom is -0.324 e. The predicted molar refractivity (Wildman–Crippen MR) is 60.6 cm³/mol. The second-order valence-electron chi connectivity index (χ2n) is 3.44. The normalized spacial score (nSPS) is 15.8. The molecule has 0 rings (SSSR count). The van der Waals surface area contributed by atoms with Gasteiger partial charge in [0.15, 0.2) is 0 Å². The summed E-state index contributed by atoms with van der Waals surface area (Å²) in [5, 5.41) is 0. The summed E-state index contributed by atoms with van der Waals surface area (Å²) >= 11 is 0. The fourth-order valence-electron chi connectivity index (χ4n) is 1.15. The van der Waals surface area contributed by atoms with Crippen molar-refractivity contribution in [2.45, 2.75) is 40.2 Å². The molecule has 0 saturated carbocycles. The first-order valence-electron chi connectivity index (χ1n) is 4.72. The highest BCUT2D eigenvalue weighted by molar-refractivity contribution is 5.28. The van der Waals surface area contributed by atoms with E-state index in [4.69, 9.17) is 5.73 Å². The molecule has 0 aromatic heterocycles. The Labute approximate surface area is 82.0 Å². The standard InChI is InChI=1S/C12H21N/c1-6-10(5)12(13)8-11(7-2)9(3)4/h6-7,12H,3,8,13H2,1-2,4-5H3/b10-6+,11-7+. The first-order chi connectivity index (χ1) is 6.02. The van der Waals surface area contributed by atoms with Crippen molar-refractivity contribution in [2.75, 3.05) is 0 Å². The van der Waals surface area contributed by atoms with E-state index in [0.29, 0.717) is 0 Å². The molecule has 1 heteroatoms. The molecule has 0 aromatic carbocycles. The summed E-state index contributed by atoms with van der Waals surface area (Å²) in [6.07, 6.45) is 5.05. The van der Waals surface area contributed by atoms with Crippen LogP contribution in [0.1, 0.15) is 34.1 Å². The topological polar surface area (TPSA) is 26.0 Å². The van der Waals surface area contributed by atoms with Crippen LogP contribution < -0.4 is 5.73 Å². The third-order valence-corrected chi connectivity index (χ3v) is 2.38. The zero-order chi connectivity index (χ0) is 10.4. The minimum atomic E-state index is 0.132. The summed E-state index contributed by atoms with van der Waals surface area (Å²) in [6, 6.07) is 0.132.